The summed E-state index contributed by atoms with van der Waals surface area (Å²) in [5.41, 5.74) is 0.745. The lowest BCUT2D eigenvalue weighted by molar-refractivity contribution is -0.132. The normalized spacial score (nSPS) is 18.3. The monoisotopic (exact) mass is 428 g/mol. The molecule has 0 atom stereocenters. The van der Waals surface area contributed by atoms with Gasteiger partial charge >= 0.3 is 0 Å². The topological polar surface area (TPSA) is 61.3 Å². The average molecular weight is 429 g/mol. The van der Waals surface area contributed by atoms with Crippen LogP contribution in [0.2, 0.25) is 0 Å². The molecule has 2 saturated heterocycles. The Kier molecular flexibility index (Phi) is 7.00. The van der Waals surface area contributed by atoms with Gasteiger partial charge in [-0.1, -0.05) is 18.6 Å². The van der Waals surface area contributed by atoms with E-state index in [0.717, 1.165) is 50.7 Å². The molecular formula is C23H32N4O2S. The van der Waals surface area contributed by atoms with Gasteiger partial charge in [0.2, 0.25) is 5.91 Å². The molecule has 0 unspecified atom stereocenters. The lowest BCUT2D eigenvalue weighted by Gasteiger charge is -2.36. The summed E-state index contributed by atoms with van der Waals surface area (Å²) >= 11 is 5.36. The molecule has 30 heavy (non-hydrogen) atoms. The second kappa shape index (κ2) is 9.88. The van der Waals surface area contributed by atoms with Gasteiger partial charge in [0.25, 0.3) is 5.56 Å². The number of H-pyrrole nitrogens is 1. The van der Waals surface area contributed by atoms with Crippen molar-refractivity contribution in [1.82, 2.24) is 19.4 Å². The van der Waals surface area contributed by atoms with E-state index in [2.05, 4.69) is 14.8 Å². The number of carbonyl (C=O) groups is 1. The minimum Gasteiger partial charge on any atom is -0.343 e. The summed E-state index contributed by atoms with van der Waals surface area (Å²) in [4.78, 5) is 33.0. The number of fused-ring (bicyclic) bond motifs is 1. The number of amides is 1. The second-order valence-corrected chi connectivity index (χ2v) is 8.98. The molecule has 1 aromatic heterocycles. The summed E-state index contributed by atoms with van der Waals surface area (Å²) in [5.74, 6) is 0.287. The van der Waals surface area contributed by atoms with Crippen LogP contribution in [0, 0.1) is 4.77 Å². The van der Waals surface area contributed by atoms with Crippen LogP contribution in [0.5, 0.6) is 0 Å². The maximum absolute atomic E-state index is 12.7. The standard InChI is InChI=1S/C23H32N4O2S/c28-21(26-16-11-18(12-17-26)25-13-6-7-14-25)10-2-1-5-15-27-22(29)19-8-3-4-9-20(19)24-23(27)30/h3-4,8-9,18H,1-2,5-7,10-17H2,(H,24,30). The SMILES string of the molecule is O=C(CCCCCn1c(=S)[nH]c2ccccc2c1=O)N1CCC(N2CCCC2)CC1. The summed E-state index contributed by atoms with van der Waals surface area (Å²) in [6, 6.07) is 8.14. The first-order valence-electron chi connectivity index (χ1n) is 11.4. The number of rotatable bonds is 7. The van der Waals surface area contributed by atoms with Gasteiger partial charge in [-0.2, -0.15) is 0 Å². The molecule has 2 aromatic rings. The molecule has 0 radical (unpaired) electrons. The number of piperidine rings is 1. The number of unbranched alkanes of at least 4 members (excludes halogenated alkanes) is 2. The van der Waals surface area contributed by atoms with Gasteiger partial charge in [-0.15, -0.1) is 0 Å². The van der Waals surface area contributed by atoms with Crippen LogP contribution in [0.1, 0.15) is 51.4 Å². The van der Waals surface area contributed by atoms with Crippen LogP contribution in [0.4, 0.5) is 0 Å². The first-order chi connectivity index (χ1) is 14.6. The van der Waals surface area contributed by atoms with E-state index in [4.69, 9.17) is 12.2 Å². The molecule has 1 N–H and O–H groups in total. The Morgan fingerprint density at radius 3 is 2.53 bits per heavy atom. The minimum absolute atomic E-state index is 0.0358. The van der Waals surface area contributed by atoms with Gasteiger partial charge in [0, 0.05) is 32.1 Å². The number of hydrogen-bond acceptors (Lipinski definition) is 4. The number of carbonyl (C=O) groups excluding carboxylic acids is 1. The van der Waals surface area contributed by atoms with Crippen LogP contribution in [-0.2, 0) is 11.3 Å². The van der Waals surface area contributed by atoms with Crippen molar-refractivity contribution in [1.29, 1.82) is 0 Å². The maximum Gasteiger partial charge on any atom is 0.262 e. The summed E-state index contributed by atoms with van der Waals surface area (Å²) in [7, 11) is 0. The summed E-state index contributed by atoms with van der Waals surface area (Å²) in [6.45, 7) is 4.88. The first kappa shape index (κ1) is 21.2. The highest BCUT2D eigenvalue weighted by atomic mass is 32.1. The number of hydrogen-bond donors (Lipinski definition) is 1. The Morgan fingerprint density at radius 1 is 1.03 bits per heavy atom. The summed E-state index contributed by atoms with van der Waals surface area (Å²) in [5, 5.41) is 0.665. The molecule has 0 spiro atoms. The van der Waals surface area contributed by atoms with Gasteiger partial charge in [0.05, 0.1) is 10.9 Å². The van der Waals surface area contributed by atoms with E-state index < -0.39 is 0 Å². The van der Waals surface area contributed by atoms with Crippen LogP contribution in [-0.4, -0.2) is 57.5 Å². The second-order valence-electron chi connectivity index (χ2n) is 8.60. The fraction of sp³-hybridized carbons (Fsp3) is 0.609. The van der Waals surface area contributed by atoms with Crippen molar-refractivity contribution in [2.75, 3.05) is 26.2 Å². The molecule has 0 aliphatic carbocycles. The molecule has 0 bridgehead atoms. The Morgan fingerprint density at radius 2 is 1.77 bits per heavy atom. The van der Waals surface area contributed by atoms with Crippen molar-refractivity contribution in [3.05, 3.63) is 39.4 Å². The van der Waals surface area contributed by atoms with E-state index in [9.17, 15) is 9.59 Å². The molecule has 6 nitrogen and oxygen atoms in total. The number of benzene rings is 1. The van der Waals surface area contributed by atoms with E-state index in [-0.39, 0.29) is 11.5 Å². The Bertz CT molecular complexity index is 985. The van der Waals surface area contributed by atoms with Crippen LogP contribution < -0.4 is 5.56 Å². The van der Waals surface area contributed by atoms with Gasteiger partial charge in [0.1, 0.15) is 0 Å². The highest BCUT2D eigenvalue weighted by Crippen LogP contribution is 2.21. The number of aromatic nitrogens is 2. The number of nitrogens with one attached hydrogen (secondary N) is 1. The van der Waals surface area contributed by atoms with Crippen LogP contribution in [0.15, 0.2) is 29.1 Å². The third kappa shape index (κ3) is 4.83. The van der Waals surface area contributed by atoms with Crippen molar-refractivity contribution in [3.8, 4) is 0 Å². The largest absolute Gasteiger partial charge is 0.343 e. The minimum atomic E-state index is -0.0358. The Labute approximate surface area is 182 Å². The average Bonchev–Trinajstić information content (AvgIpc) is 3.30. The Hall–Kier alpha value is -1.99. The number of nitrogens with zero attached hydrogens (tertiary/aromatic N) is 3. The maximum atomic E-state index is 12.7. The highest BCUT2D eigenvalue weighted by Gasteiger charge is 2.27. The molecule has 2 fully saturated rings. The molecule has 2 aliphatic heterocycles. The van der Waals surface area contributed by atoms with Crippen molar-refractivity contribution < 1.29 is 4.79 Å². The molecule has 2 aliphatic rings. The molecule has 0 saturated carbocycles. The lowest BCUT2D eigenvalue weighted by atomic mass is 10.0. The third-order valence-corrected chi connectivity index (χ3v) is 6.96. The van der Waals surface area contributed by atoms with E-state index in [1.54, 1.807) is 4.57 Å². The van der Waals surface area contributed by atoms with E-state index in [0.29, 0.717) is 29.2 Å². The third-order valence-electron chi connectivity index (χ3n) is 6.64. The molecule has 1 aromatic carbocycles. The van der Waals surface area contributed by atoms with Crippen molar-refractivity contribution in [2.24, 2.45) is 0 Å². The van der Waals surface area contributed by atoms with E-state index >= 15 is 0 Å². The molecule has 162 valence electrons. The number of likely N-dealkylation sites (tertiary alicyclic amines) is 2. The van der Waals surface area contributed by atoms with Gasteiger partial charge in [0.15, 0.2) is 4.77 Å². The van der Waals surface area contributed by atoms with Crippen molar-refractivity contribution >= 4 is 29.0 Å². The van der Waals surface area contributed by atoms with Crippen molar-refractivity contribution in [2.45, 2.75) is 64.0 Å². The van der Waals surface area contributed by atoms with Crippen LogP contribution in [0.25, 0.3) is 10.9 Å². The summed E-state index contributed by atoms with van der Waals surface area (Å²) in [6.07, 6.45) is 8.13. The summed E-state index contributed by atoms with van der Waals surface area (Å²) < 4.78 is 2.11. The highest BCUT2D eigenvalue weighted by molar-refractivity contribution is 7.71. The fourth-order valence-corrected chi connectivity index (χ4v) is 5.15. The fourth-order valence-electron chi connectivity index (χ4n) is 4.87. The molecule has 3 heterocycles. The molecule has 7 heteroatoms. The quantitative estimate of drug-likeness (QED) is 0.540. The molecule has 4 rings (SSSR count). The zero-order chi connectivity index (χ0) is 20.9. The van der Waals surface area contributed by atoms with Gasteiger partial charge in [-0.25, -0.2) is 0 Å². The zero-order valence-corrected chi connectivity index (χ0v) is 18.5. The van der Waals surface area contributed by atoms with Gasteiger partial charge in [-0.05, 0) is 76.0 Å². The van der Waals surface area contributed by atoms with Gasteiger partial charge < -0.3 is 14.8 Å². The van der Waals surface area contributed by atoms with E-state index in [1.165, 1.54) is 25.9 Å². The van der Waals surface area contributed by atoms with Crippen molar-refractivity contribution in [3.63, 3.8) is 0 Å². The smallest absolute Gasteiger partial charge is 0.262 e. The van der Waals surface area contributed by atoms with Gasteiger partial charge in [-0.3, -0.25) is 14.2 Å². The predicted molar refractivity (Wildman–Crippen MR) is 122 cm³/mol. The molecule has 1 amide bonds. The lowest BCUT2D eigenvalue weighted by Crippen LogP contribution is -2.45. The molecular weight excluding hydrogens is 396 g/mol. The predicted octanol–water partition coefficient (Wildman–Crippen LogP) is 3.71. The van der Waals surface area contributed by atoms with E-state index in [1.807, 2.05) is 24.3 Å². The first-order valence-corrected chi connectivity index (χ1v) is 11.8. The Balaban J connectivity index is 1.20. The van der Waals surface area contributed by atoms with Crippen LogP contribution >= 0.6 is 12.2 Å². The van der Waals surface area contributed by atoms with Crippen LogP contribution in [0.3, 0.4) is 0 Å². The number of para-hydroxylation sites is 1. The zero-order valence-electron chi connectivity index (χ0n) is 17.6. The number of aromatic amines is 1.